The molecule has 0 radical (unpaired) electrons. The van der Waals surface area contributed by atoms with Crippen molar-refractivity contribution in [3.05, 3.63) is 29.8 Å². The van der Waals surface area contributed by atoms with E-state index in [0.29, 0.717) is 12.3 Å². The second-order valence-electron chi connectivity index (χ2n) is 6.24. The Morgan fingerprint density at radius 2 is 1.95 bits per heavy atom. The van der Waals surface area contributed by atoms with Crippen molar-refractivity contribution in [1.82, 2.24) is 5.32 Å². The van der Waals surface area contributed by atoms with Crippen LogP contribution in [-0.4, -0.2) is 22.4 Å². The average molecular weight is 277 g/mol. The molecule has 1 saturated carbocycles. The van der Waals surface area contributed by atoms with E-state index in [1.54, 1.807) is 6.07 Å². The minimum atomic E-state index is -0.579. The fourth-order valence-electron chi connectivity index (χ4n) is 3.11. The van der Waals surface area contributed by atoms with E-state index in [1.807, 2.05) is 25.1 Å². The smallest absolute Gasteiger partial charge is 0.120 e. The number of aromatic hydroxyl groups is 1. The molecular formula is C17H27NO2. The summed E-state index contributed by atoms with van der Waals surface area (Å²) in [6, 6.07) is 7.42. The number of hydrogen-bond acceptors (Lipinski definition) is 3. The standard InChI is InChI=1S/C17H27NO2/c1-3-14-8-10-17(20,11-9-14)12-18-13(2)15-6-4-5-7-16(15)19/h4-7,13-14,18-20H,3,8-12H2,1-2H3. The van der Waals surface area contributed by atoms with Crippen LogP contribution in [0, 0.1) is 5.92 Å². The molecule has 1 unspecified atom stereocenters. The summed E-state index contributed by atoms with van der Waals surface area (Å²) >= 11 is 0. The predicted octanol–water partition coefficient (Wildman–Crippen LogP) is 3.37. The van der Waals surface area contributed by atoms with Crippen LogP contribution in [0.1, 0.15) is 57.6 Å². The van der Waals surface area contributed by atoms with E-state index < -0.39 is 5.60 Å². The molecule has 1 aliphatic carbocycles. The van der Waals surface area contributed by atoms with Crippen molar-refractivity contribution >= 4 is 0 Å². The van der Waals surface area contributed by atoms with Gasteiger partial charge in [0.25, 0.3) is 0 Å². The molecule has 3 nitrogen and oxygen atoms in total. The molecule has 112 valence electrons. The van der Waals surface area contributed by atoms with Gasteiger partial charge in [-0.05, 0) is 44.6 Å². The van der Waals surface area contributed by atoms with Crippen molar-refractivity contribution in [2.75, 3.05) is 6.54 Å². The van der Waals surface area contributed by atoms with Gasteiger partial charge in [0.05, 0.1) is 5.60 Å². The van der Waals surface area contributed by atoms with Crippen molar-refractivity contribution in [3.8, 4) is 5.75 Å². The molecule has 2 rings (SSSR count). The minimum Gasteiger partial charge on any atom is -0.508 e. The lowest BCUT2D eigenvalue weighted by atomic mass is 9.77. The Bertz CT molecular complexity index is 425. The van der Waals surface area contributed by atoms with Gasteiger partial charge in [-0.3, -0.25) is 0 Å². The molecule has 1 aromatic carbocycles. The summed E-state index contributed by atoms with van der Waals surface area (Å²) < 4.78 is 0. The van der Waals surface area contributed by atoms with Crippen LogP contribution >= 0.6 is 0 Å². The van der Waals surface area contributed by atoms with Crippen LogP contribution in [0.15, 0.2) is 24.3 Å². The molecule has 1 fully saturated rings. The van der Waals surface area contributed by atoms with Crippen molar-refractivity contribution in [1.29, 1.82) is 0 Å². The Kier molecular flexibility index (Phi) is 5.06. The molecule has 1 atom stereocenters. The van der Waals surface area contributed by atoms with Gasteiger partial charge in [-0.25, -0.2) is 0 Å². The first-order valence-electron chi connectivity index (χ1n) is 7.78. The molecule has 0 heterocycles. The number of phenolic OH excluding ortho intramolecular Hbond substituents is 1. The Hall–Kier alpha value is -1.06. The minimum absolute atomic E-state index is 0.0455. The summed E-state index contributed by atoms with van der Waals surface area (Å²) in [7, 11) is 0. The van der Waals surface area contributed by atoms with Crippen molar-refractivity contribution in [3.63, 3.8) is 0 Å². The van der Waals surface area contributed by atoms with Crippen LogP contribution in [-0.2, 0) is 0 Å². The maximum absolute atomic E-state index is 10.6. The largest absolute Gasteiger partial charge is 0.508 e. The Balaban J connectivity index is 1.87. The maximum atomic E-state index is 10.6. The molecule has 0 aliphatic heterocycles. The summed E-state index contributed by atoms with van der Waals surface area (Å²) in [6.07, 6.45) is 5.23. The van der Waals surface area contributed by atoms with Gasteiger partial charge in [0.1, 0.15) is 5.75 Å². The first kappa shape index (κ1) is 15.3. The van der Waals surface area contributed by atoms with Gasteiger partial charge in [-0.2, -0.15) is 0 Å². The van der Waals surface area contributed by atoms with Crippen molar-refractivity contribution in [2.45, 2.75) is 57.6 Å². The number of aliphatic hydroxyl groups is 1. The molecule has 0 bridgehead atoms. The van der Waals surface area contributed by atoms with Gasteiger partial charge in [-0.15, -0.1) is 0 Å². The molecule has 1 aliphatic rings. The van der Waals surface area contributed by atoms with Crippen molar-refractivity contribution in [2.24, 2.45) is 5.92 Å². The van der Waals surface area contributed by atoms with E-state index >= 15 is 0 Å². The lowest BCUT2D eigenvalue weighted by Gasteiger charge is -2.36. The van der Waals surface area contributed by atoms with Gasteiger partial charge in [0.2, 0.25) is 0 Å². The predicted molar refractivity (Wildman–Crippen MR) is 81.7 cm³/mol. The van der Waals surface area contributed by atoms with E-state index in [2.05, 4.69) is 12.2 Å². The Morgan fingerprint density at radius 3 is 2.55 bits per heavy atom. The third-order valence-corrected chi connectivity index (χ3v) is 4.75. The highest BCUT2D eigenvalue weighted by molar-refractivity contribution is 5.34. The lowest BCUT2D eigenvalue weighted by molar-refractivity contribution is -0.0104. The van der Waals surface area contributed by atoms with Crippen LogP contribution < -0.4 is 5.32 Å². The van der Waals surface area contributed by atoms with Crippen LogP contribution in [0.5, 0.6) is 5.75 Å². The molecule has 20 heavy (non-hydrogen) atoms. The number of hydrogen-bond donors (Lipinski definition) is 3. The summed E-state index contributed by atoms with van der Waals surface area (Å²) in [6.45, 7) is 4.85. The van der Waals surface area contributed by atoms with Crippen LogP contribution in [0.4, 0.5) is 0 Å². The van der Waals surface area contributed by atoms with Gasteiger partial charge in [0, 0.05) is 18.2 Å². The second kappa shape index (κ2) is 6.59. The quantitative estimate of drug-likeness (QED) is 0.773. The average Bonchev–Trinajstić information content (AvgIpc) is 2.46. The Morgan fingerprint density at radius 1 is 1.30 bits per heavy atom. The topological polar surface area (TPSA) is 52.5 Å². The fraction of sp³-hybridized carbons (Fsp3) is 0.647. The van der Waals surface area contributed by atoms with E-state index in [0.717, 1.165) is 37.2 Å². The highest BCUT2D eigenvalue weighted by Crippen LogP contribution is 2.34. The summed E-state index contributed by atoms with van der Waals surface area (Å²) in [5.74, 6) is 1.10. The number of benzene rings is 1. The number of phenols is 1. The van der Waals surface area contributed by atoms with Crippen LogP contribution in [0.2, 0.25) is 0 Å². The van der Waals surface area contributed by atoms with Gasteiger partial charge >= 0.3 is 0 Å². The second-order valence-corrected chi connectivity index (χ2v) is 6.24. The van der Waals surface area contributed by atoms with Gasteiger partial charge in [-0.1, -0.05) is 31.5 Å². The number of para-hydroxylation sites is 1. The molecule has 0 amide bonds. The van der Waals surface area contributed by atoms with E-state index in [1.165, 1.54) is 6.42 Å². The zero-order chi connectivity index (χ0) is 14.6. The summed E-state index contributed by atoms with van der Waals surface area (Å²) in [4.78, 5) is 0. The normalized spacial score (nSPS) is 28.2. The summed E-state index contributed by atoms with van der Waals surface area (Å²) in [5, 5.41) is 23.8. The number of rotatable bonds is 5. The third-order valence-electron chi connectivity index (χ3n) is 4.75. The zero-order valence-electron chi connectivity index (χ0n) is 12.6. The number of nitrogens with one attached hydrogen (secondary N) is 1. The maximum Gasteiger partial charge on any atom is 0.120 e. The first-order chi connectivity index (χ1) is 9.54. The molecule has 3 heteroatoms. The fourth-order valence-corrected chi connectivity index (χ4v) is 3.11. The highest BCUT2D eigenvalue weighted by Gasteiger charge is 2.32. The lowest BCUT2D eigenvalue weighted by Crippen LogP contribution is -2.44. The third kappa shape index (κ3) is 3.74. The van der Waals surface area contributed by atoms with Gasteiger partial charge < -0.3 is 15.5 Å². The molecule has 1 aromatic rings. The molecule has 0 saturated heterocycles. The molecule has 0 spiro atoms. The first-order valence-corrected chi connectivity index (χ1v) is 7.78. The van der Waals surface area contributed by atoms with E-state index in [-0.39, 0.29) is 6.04 Å². The van der Waals surface area contributed by atoms with E-state index in [9.17, 15) is 10.2 Å². The molecular weight excluding hydrogens is 250 g/mol. The van der Waals surface area contributed by atoms with Gasteiger partial charge in [0.15, 0.2) is 0 Å². The molecule has 3 N–H and O–H groups in total. The monoisotopic (exact) mass is 277 g/mol. The molecule has 0 aromatic heterocycles. The van der Waals surface area contributed by atoms with Crippen LogP contribution in [0.3, 0.4) is 0 Å². The van der Waals surface area contributed by atoms with Crippen molar-refractivity contribution < 1.29 is 10.2 Å². The SMILES string of the molecule is CCC1CCC(O)(CNC(C)c2ccccc2O)CC1. The summed E-state index contributed by atoms with van der Waals surface area (Å²) in [5.41, 5.74) is 0.308. The zero-order valence-corrected chi connectivity index (χ0v) is 12.6. The Labute approximate surface area is 122 Å². The highest BCUT2D eigenvalue weighted by atomic mass is 16.3. The van der Waals surface area contributed by atoms with Crippen LogP contribution in [0.25, 0.3) is 0 Å². The van der Waals surface area contributed by atoms with E-state index in [4.69, 9.17) is 0 Å².